The SMILES string of the molecule is CNC(=O)c1ccc(CC2CC(=O)N(CCOC)C2)cc1. The normalized spacial score (nSPS) is 18.1. The lowest BCUT2D eigenvalue weighted by Crippen LogP contribution is -2.28. The second-order valence-electron chi connectivity index (χ2n) is 5.38. The molecule has 1 aliphatic heterocycles. The quantitative estimate of drug-likeness (QED) is 0.853. The van der Waals surface area contributed by atoms with Crippen molar-refractivity contribution in [2.24, 2.45) is 5.92 Å². The molecule has 5 nitrogen and oxygen atoms in total. The van der Waals surface area contributed by atoms with Crippen molar-refractivity contribution < 1.29 is 14.3 Å². The first-order chi connectivity index (χ1) is 10.1. The molecule has 1 heterocycles. The molecule has 2 rings (SSSR count). The van der Waals surface area contributed by atoms with Gasteiger partial charge in [-0.1, -0.05) is 12.1 Å². The van der Waals surface area contributed by atoms with Gasteiger partial charge < -0.3 is 15.0 Å². The molecule has 1 unspecified atom stereocenters. The third-order valence-corrected chi connectivity index (χ3v) is 3.83. The van der Waals surface area contributed by atoms with E-state index in [1.807, 2.05) is 29.2 Å². The zero-order valence-corrected chi connectivity index (χ0v) is 12.6. The number of hydrogen-bond acceptors (Lipinski definition) is 3. The highest BCUT2D eigenvalue weighted by Crippen LogP contribution is 2.22. The maximum Gasteiger partial charge on any atom is 0.251 e. The van der Waals surface area contributed by atoms with E-state index in [9.17, 15) is 9.59 Å². The molecule has 0 aliphatic carbocycles. The maximum atomic E-state index is 11.9. The minimum atomic E-state index is -0.0802. The number of carbonyl (C=O) groups excluding carboxylic acids is 2. The standard InChI is InChI=1S/C16H22N2O3/c1-17-16(20)14-5-3-12(4-6-14)9-13-10-15(19)18(11-13)7-8-21-2/h3-6,13H,7-11H2,1-2H3,(H,17,20). The Labute approximate surface area is 125 Å². The first-order valence-electron chi connectivity index (χ1n) is 7.21. The van der Waals surface area contributed by atoms with E-state index in [4.69, 9.17) is 4.74 Å². The molecule has 1 saturated heterocycles. The Morgan fingerprint density at radius 3 is 2.71 bits per heavy atom. The molecule has 0 aromatic heterocycles. The second-order valence-corrected chi connectivity index (χ2v) is 5.38. The van der Waals surface area contributed by atoms with Crippen LogP contribution in [0.2, 0.25) is 0 Å². The summed E-state index contributed by atoms with van der Waals surface area (Å²) in [5, 5.41) is 2.60. The van der Waals surface area contributed by atoms with E-state index in [1.165, 1.54) is 0 Å². The van der Waals surface area contributed by atoms with Crippen LogP contribution in [0.15, 0.2) is 24.3 Å². The van der Waals surface area contributed by atoms with Gasteiger partial charge in [-0.3, -0.25) is 9.59 Å². The molecular weight excluding hydrogens is 268 g/mol. The van der Waals surface area contributed by atoms with Crippen LogP contribution in [0.1, 0.15) is 22.3 Å². The molecule has 0 saturated carbocycles. The van der Waals surface area contributed by atoms with Crippen molar-refractivity contribution in [2.75, 3.05) is 33.9 Å². The molecule has 0 radical (unpaired) electrons. The summed E-state index contributed by atoms with van der Waals surface area (Å²) in [5.74, 6) is 0.475. The van der Waals surface area contributed by atoms with Crippen molar-refractivity contribution in [1.82, 2.24) is 10.2 Å². The number of nitrogens with zero attached hydrogens (tertiary/aromatic N) is 1. The molecule has 0 spiro atoms. The molecule has 21 heavy (non-hydrogen) atoms. The van der Waals surface area contributed by atoms with Crippen molar-refractivity contribution in [3.05, 3.63) is 35.4 Å². The van der Waals surface area contributed by atoms with Crippen molar-refractivity contribution in [1.29, 1.82) is 0 Å². The first-order valence-corrected chi connectivity index (χ1v) is 7.21. The Hall–Kier alpha value is -1.88. The van der Waals surface area contributed by atoms with Gasteiger partial charge in [0.25, 0.3) is 5.91 Å². The van der Waals surface area contributed by atoms with Crippen LogP contribution in [-0.2, 0) is 16.0 Å². The molecule has 1 atom stereocenters. The van der Waals surface area contributed by atoms with E-state index in [-0.39, 0.29) is 11.8 Å². The van der Waals surface area contributed by atoms with Crippen molar-refractivity contribution in [3.8, 4) is 0 Å². The summed E-state index contributed by atoms with van der Waals surface area (Å²) in [6.45, 7) is 2.04. The molecule has 114 valence electrons. The predicted octanol–water partition coefficient (Wildman–Crippen LogP) is 1.08. The van der Waals surface area contributed by atoms with Crippen LogP contribution in [0.4, 0.5) is 0 Å². The van der Waals surface area contributed by atoms with Crippen molar-refractivity contribution in [2.45, 2.75) is 12.8 Å². The largest absolute Gasteiger partial charge is 0.383 e. The lowest BCUT2D eigenvalue weighted by atomic mass is 9.97. The van der Waals surface area contributed by atoms with E-state index in [1.54, 1.807) is 14.2 Å². The summed E-state index contributed by atoms with van der Waals surface area (Å²) in [6.07, 6.45) is 1.46. The van der Waals surface area contributed by atoms with Crippen LogP contribution in [-0.4, -0.2) is 50.6 Å². The van der Waals surface area contributed by atoms with Gasteiger partial charge in [-0.2, -0.15) is 0 Å². The van der Waals surface area contributed by atoms with Crippen LogP contribution in [0.3, 0.4) is 0 Å². The third-order valence-electron chi connectivity index (χ3n) is 3.83. The van der Waals surface area contributed by atoms with Gasteiger partial charge in [0, 0.05) is 39.2 Å². The van der Waals surface area contributed by atoms with Crippen LogP contribution in [0.5, 0.6) is 0 Å². The van der Waals surface area contributed by atoms with Crippen LogP contribution in [0, 0.1) is 5.92 Å². The Balaban J connectivity index is 1.90. The highest BCUT2D eigenvalue weighted by Gasteiger charge is 2.29. The van der Waals surface area contributed by atoms with E-state index in [2.05, 4.69) is 5.32 Å². The minimum Gasteiger partial charge on any atom is -0.383 e. The van der Waals surface area contributed by atoms with Gasteiger partial charge in [0.1, 0.15) is 0 Å². The van der Waals surface area contributed by atoms with Crippen LogP contribution in [0.25, 0.3) is 0 Å². The van der Waals surface area contributed by atoms with Gasteiger partial charge in [-0.25, -0.2) is 0 Å². The Morgan fingerprint density at radius 2 is 2.10 bits per heavy atom. The number of benzene rings is 1. The van der Waals surface area contributed by atoms with Gasteiger partial charge in [-0.05, 0) is 30.0 Å². The minimum absolute atomic E-state index is 0.0802. The van der Waals surface area contributed by atoms with E-state index >= 15 is 0 Å². The lowest BCUT2D eigenvalue weighted by Gasteiger charge is -2.16. The Bertz CT molecular complexity index is 499. The average molecular weight is 290 g/mol. The first kappa shape index (κ1) is 15.5. The maximum absolute atomic E-state index is 11.9. The number of rotatable bonds is 6. The topological polar surface area (TPSA) is 58.6 Å². The summed E-state index contributed by atoms with van der Waals surface area (Å²) in [6, 6.07) is 7.58. The number of amides is 2. The highest BCUT2D eigenvalue weighted by molar-refractivity contribution is 5.93. The Kier molecular flexibility index (Phi) is 5.33. The number of ether oxygens (including phenoxy) is 1. The summed E-state index contributed by atoms with van der Waals surface area (Å²) in [7, 11) is 3.26. The number of methoxy groups -OCH3 is 1. The van der Waals surface area contributed by atoms with E-state index in [0.717, 1.165) is 18.5 Å². The molecule has 1 aromatic carbocycles. The fraction of sp³-hybridized carbons (Fsp3) is 0.500. The van der Waals surface area contributed by atoms with Crippen LogP contribution >= 0.6 is 0 Å². The van der Waals surface area contributed by atoms with Crippen molar-refractivity contribution >= 4 is 11.8 Å². The van der Waals surface area contributed by atoms with Gasteiger partial charge in [-0.15, -0.1) is 0 Å². The number of carbonyl (C=O) groups is 2. The summed E-state index contributed by atoms with van der Waals surface area (Å²) < 4.78 is 5.02. The third kappa shape index (κ3) is 4.04. The highest BCUT2D eigenvalue weighted by atomic mass is 16.5. The lowest BCUT2D eigenvalue weighted by molar-refractivity contribution is -0.128. The summed E-state index contributed by atoms with van der Waals surface area (Å²) in [4.78, 5) is 25.2. The molecule has 1 N–H and O–H groups in total. The summed E-state index contributed by atoms with van der Waals surface area (Å²) >= 11 is 0. The fourth-order valence-electron chi connectivity index (χ4n) is 2.68. The van der Waals surface area contributed by atoms with Crippen molar-refractivity contribution in [3.63, 3.8) is 0 Å². The molecular formula is C16H22N2O3. The summed E-state index contributed by atoms with van der Waals surface area (Å²) in [5.41, 5.74) is 1.82. The zero-order chi connectivity index (χ0) is 15.2. The molecule has 0 bridgehead atoms. The molecule has 5 heteroatoms. The van der Waals surface area contributed by atoms with E-state index < -0.39 is 0 Å². The molecule has 1 aromatic rings. The number of nitrogens with one attached hydrogen (secondary N) is 1. The predicted molar refractivity (Wildman–Crippen MR) is 80.1 cm³/mol. The Morgan fingerprint density at radius 1 is 1.38 bits per heavy atom. The second kappa shape index (κ2) is 7.22. The fourth-order valence-corrected chi connectivity index (χ4v) is 2.68. The average Bonchev–Trinajstić information content (AvgIpc) is 2.84. The van der Waals surface area contributed by atoms with Gasteiger partial charge >= 0.3 is 0 Å². The van der Waals surface area contributed by atoms with E-state index in [0.29, 0.717) is 31.1 Å². The molecule has 1 aliphatic rings. The van der Waals surface area contributed by atoms with Crippen LogP contribution < -0.4 is 5.32 Å². The zero-order valence-electron chi connectivity index (χ0n) is 12.6. The van der Waals surface area contributed by atoms with Gasteiger partial charge in [0.2, 0.25) is 5.91 Å². The number of likely N-dealkylation sites (tertiary alicyclic amines) is 1. The monoisotopic (exact) mass is 290 g/mol. The molecule has 1 fully saturated rings. The van der Waals surface area contributed by atoms with Gasteiger partial charge in [0.15, 0.2) is 0 Å². The van der Waals surface area contributed by atoms with Gasteiger partial charge in [0.05, 0.1) is 6.61 Å². The molecule has 2 amide bonds. The number of hydrogen-bond donors (Lipinski definition) is 1. The smallest absolute Gasteiger partial charge is 0.251 e.